The second kappa shape index (κ2) is 5.12. The summed E-state index contributed by atoms with van der Waals surface area (Å²) in [7, 11) is 0. The van der Waals surface area contributed by atoms with E-state index in [1.54, 1.807) is 0 Å². The smallest absolute Gasteiger partial charge is 0.138 e. The third-order valence-electron chi connectivity index (χ3n) is 3.91. The summed E-state index contributed by atoms with van der Waals surface area (Å²) in [4.78, 5) is 9.24. The summed E-state index contributed by atoms with van der Waals surface area (Å²) in [5, 5.41) is 0. The standard InChI is InChI=1S/C16H19N3O/c1-3-13-10(2)15(17)19-16(18-13)12-8-9-20-14-7-5-4-6-11(12)14/h4-7,12H,3,8-9H2,1-2H3,(H2,17,18,19). The first-order valence-electron chi connectivity index (χ1n) is 7.05. The van der Waals surface area contributed by atoms with Crippen molar-refractivity contribution in [2.24, 2.45) is 0 Å². The number of hydrogen-bond donors (Lipinski definition) is 1. The van der Waals surface area contributed by atoms with E-state index in [1.165, 1.54) is 0 Å². The zero-order chi connectivity index (χ0) is 14.1. The fourth-order valence-corrected chi connectivity index (χ4v) is 2.71. The molecular formula is C16H19N3O. The molecule has 0 radical (unpaired) electrons. The normalized spacial score (nSPS) is 17.4. The molecule has 20 heavy (non-hydrogen) atoms. The Morgan fingerprint density at radius 3 is 2.90 bits per heavy atom. The molecule has 4 nitrogen and oxygen atoms in total. The highest BCUT2D eigenvalue weighted by molar-refractivity contribution is 5.45. The molecule has 2 N–H and O–H groups in total. The van der Waals surface area contributed by atoms with Gasteiger partial charge in [0, 0.05) is 16.8 Å². The monoisotopic (exact) mass is 269 g/mol. The van der Waals surface area contributed by atoms with Gasteiger partial charge in [0.1, 0.15) is 17.4 Å². The van der Waals surface area contributed by atoms with Crippen molar-refractivity contribution in [3.05, 3.63) is 46.9 Å². The van der Waals surface area contributed by atoms with Gasteiger partial charge in [-0.05, 0) is 25.8 Å². The molecule has 1 unspecified atom stereocenters. The van der Waals surface area contributed by atoms with E-state index in [2.05, 4.69) is 18.0 Å². The van der Waals surface area contributed by atoms with Gasteiger partial charge in [-0.2, -0.15) is 0 Å². The number of aryl methyl sites for hydroxylation is 1. The van der Waals surface area contributed by atoms with Crippen molar-refractivity contribution in [3.8, 4) is 5.75 Å². The number of nitrogens with zero attached hydrogens (tertiary/aromatic N) is 2. The Kier molecular flexibility index (Phi) is 3.30. The SMILES string of the molecule is CCc1nc(C2CCOc3ccccc32)nc(N)c1C. The van der Waals surface area contributed by atoms with Gasteiger partial charge in [-0.25, -0.2) is 9.97 Å². The maximum atomic E-state index is 6.04. The summed E-state index contributed by atoms with van der Waals surface area (Å²) < 4.78 is 5.70. The van der Waals surface area contributed by atoms with E-state index in [0.29, 0.717) is 12.4 Å². The summed E-state index contributed by atoms with van der Waals surface area (Å²) >= 11 is 0. The zero-order valence-electron chi connectivity index (χ0n) is 11.9. The predicted molar refractivity (Wildman–Crippen MR) is 79.0 cm³/mol. The molecule has 0 saturated heterocycles. The van der Waals surface area contributed by atoms with Crippen molar-refractivity contribution in [2.45, 2.75) is 32.6 Å². The molecule has 1 aromatic heterocycles. The molecular weight excluding hydrogens is 250 g/mol. The van der Waals surface area contributed by atoms with Crippen molar-refractivity contribution in [1.82, 2.24) is 9.97 Å². The van der Waals surface area contributed by atoms with Gasteiger partial charge in [-0.1, -0.05) is 25.1 Å². The molecule has 1 aliphatic rings. The molecule has 4 heteroatoms. The fraction of sp³-hybridized carbons (Fsp3) is 0.375. The highest BCUT2D eigenvalue weighted by Gasteiger charge is 2.26. The van der Waals surface area contributed by atoms with E-state index in [0.717, 1.165) is 41.2 Å². The van der Waals surface area contributed by atoms with Gasteiger partial charge in [0.05, 0.1) is 12.5 Å². The predicted octanol–water partition coefficient (Wildman–Crippen LogP) is 2.84. The van der Waals surface area contributed by atoms with Crippen LogP contribution in [0.1, 0.15) is 41.9 Å². The van der Waals surface area contributed by atoms with Gasteiger partial charge < -0.3 is 10.5 Å². The average molecular weight is 269 g/mol. The lowest BCUT2D eigenvalue weighted by molar-refractivity contribution is 0.274. The Hall–Kier alpha value is -2.10. The molecule has 0 saturated carbocycles. The summed E-state index contributed by atoms with van der Waals surface area (Å²) in [5.41, 5.74) is 9.23. The Labute approximate surface area is 119 Å². The summed E-state index contributed by atoms with van der Waals surface area (Å²) in [5.74, 6) is 2.52. The van der Waals surface area contributed by atoms with E-state index in [9.17, 15) is 0 Å². The maximum absolute atomic E-state index is 6.04. The van der Waals surface area contributed by atoms with Crippen molar-refractivity contribution >= 4 is 5.82 Å². The Morgan fingerprint density at radius 2 is 2.10 bits per heavy atom. The van der Waals surface area contributed by atoms with Crippen LogP contribution in [0.15, 0.2) is 24.3 Å². The first-order chi connectivity index (χ1) is 9.70. The summed E-state index contributed by atoms with van der Waals surface area (Å²) in [6.07, 6.45) is 1.76. The number of aromatic nitrogens is 2. The van der Waals surface area contributed by atoms with Gasteiger partial charge in [0.25, 0.3) is 0 Å². The van der Waals surface area contributed by atoms with Gasteiger partial charge in [-0.3, -0.25) is 0 Å². The Balaban J connectivity index is 2.09. The molecule has 0 bridgehead atoms. The lowest BCUT2D eigenvalue weighted by Gasteiger charge is -2.25. The minimum atomic E-state index is 0.174. The van der Waals surface area contributed by atoms with Crippen LogP contribution in [0.5, 0.6) is 5.75 Å². The van der Waals surface area contributed by atoms with Crippen LogP contribution in [0.25, 0.3) is 0 Å². The zero-order valence-corrected chi connectivity index (χ0v) is 11.9. The molecule has 0 aliphatic carbocycles. The molecule has 2 aromatic rings. The molecule has 2 heterocycles. The van der Waals surface area contributed by atoms with Crippen LogP contribution in [0.3, 0.4) is 0 Å². The van der Waals surface area contributed by atoms with Gasteiger partial charge in [0.2, 0.25) is 0 Å². The second-order valence-corrected chi connectivity index (χ2v) is 5.12. The van der Waals surface area contributed by atoms with Crippen molar-refractivity contribution in [3.63, 3.8) is 0 Å². The van der Waals surface area contributed by atoms with Crippen LogP contribution >= 0.6 is 0 Å². The second-order valence-electron chi connectivity index (χ2n) is 5.12. The minimum Gasteiger partial charge on any atom is -0.493 e. The molecule has 0 spiro atoms. The third kappa shape index (κ3) is 2.11. The van der Waals surface area contributed by atoms with Crippen molar-refractivity contribution in [2.75, 3.05) is 12.3 Å². The number of benzene rings is 1. The Bertz CT molecular complexity index is 640. The Morgan fingerprint density at radius 1 is 1.30 bits per heavy atom. The summed E-state index contributed by atoms with van der Waals surface area (Å²) in [6.45, 7) is 4.77. The maximum Gasteiger partial charge on any atom is 0.138 e. The van der Waals surface area contributed by atoms with Crippen LogP contribution in [0.4, 0.5) is 5.82 Å². The number of nitrogens with two attached hydrogens (primary N) is 1. The third-order valence-corrected chi connectivity index (χ3v) is 3.91. The first kappa shape index (κ1) is 12.9. The van der Waals surface area contributed by atoms with Crippen LogP contribution < -0.4 is 10.5 Å². The van der Waals surface area contributed by atoms with Gasteiger partial charge in [0.15, 0.2) is 0 Å². The number of ether oxygens (including phenoxy) is 1. The number of hydrogen-bond acceptors (Lipinski definition) is 4. The lowest BCUT2D eigenvalue weighted by Crippen LogP contribution is -2.19. The van der Waals surface area contributed by atoms with Crippen LogP contribution in [0, 0.1) is 6.92 Å². The average Bonchev–Trinajstić information content (AvgIpc) is 2.49. The quantitative estimate of drug-likeness (QED) is 0.910. The van der Waals surface area contributed by atoms with Gasteiger partial charge >= 0.3 is 0 Å². The number of anilines is 1. The first-order valence-corrected chi connectivity index (χ1v) is 7.05. The number of nitrogen functional groups attached to an aromatic ring is 1. The highest BCUT2D eigenvalue weighted by Crippen LogP contribution is 2.37. The molecule has 3 rings (SSSR count). The number of rotatable bonds is 2. The van der Waals surface area contributed by atoms with E-state index in [4.69, 9.17) is 15.5 Å². The lowest BCUT2D eigenvalue weighted by atomic mass is 9.92. The molecule has 1 aliphatic heterocycles. The van der Waals surface area contributed by atoms with E-state index >= 15 is 0 Å². The van der Waals surface area contributed by atoms with E-state index in [-0.39, 0.29) is 5.92 Å². The molecule has 1 aromatic carbocycles. The molecule has 0 fully saturated rings. The molecule has 104 valence electrons. The number of para-hydroxylation sites is 1. The minimum absolute atomic E-state index is 0.174. The van der Waals surface area contributed by atoms with E-state index < -0.39 is 0 Å². The molecule has 0 amide bonds. The molecule has 1 atom stereocenters. The van der Waals surface area contributed by atoms with E-state index in [1.807, 2.05) is 25.1 Å². The largest absolute Gasteiger partial charge is 0.493 e. The topological polar surface area (TPSA) is 61.0 Å². The van der Waals surface area contributed by atoms with Crippen molar-refractivity contribution < 1.29 is 4.74 Å². The van der Waals surface area contributed by atoms with Gasteiger partial charge in [-0.15, -0.1) is 0 Å². The number of fused-ring (bicyclic) bond motifs is 1. The highest BCUT2D eigenvalue weighted by atomic mass is 16.5. The fourth-order valence-electron chi connectivity index (χ4n) is 2.71. The summed E-state index contributed by atoms with van der Waals surface area (Å²) in [6, 6.07) is 8.10. The van der Waals surface area contributed by atoms with Crippen molar-refractivity contribution in [1.29, 1.82) is 0 Å². The van der Waals surface area contributed by atoms with Crippen LogP contribution in [-0.2, 0) is 6.42 Å². The van der Waals surface area contributed by atoms with Crippen LogP contribution in [-0.4, -0.2) is 16.6 Å². The van der Waals surface area contributed by atoms with Crippen LogP contribution in [0.2, 0.25) is 0 Å².